The molecule has 0 aliphatic rings. The number of halogens is 10. The topological polar surface area (TPSA) is 78.9 Å². The first kappa shape index (κ1) is 38.5. The third kappa shape index (κ3) is 23.1. The molecule has 16 heteroatoms. The molecule has 0 aliphatic carbocycles. The summed E-state index contributed by atoms with van der Waals surface area (Å²) < 4.78 is 129. The summed E-state index contributed by atoms with van der Waals surface area (Å²) in [5.41, 5.74) is 0.110. The lowest BCUT2D eigenvalue weighted by Gasteiger charge is -2.19. The van der Waals surface area contributed by atoms with E-state index in [1.54, 1.807) is 0 Å². The van der Waals surface area contributed by atoms with Gasteiger partial charge in [0.2, 0.25) is 6.43 Å². The minimum Gasteiger partial charge on any atom is -0.462 e. The molecule has 0 radical (unpaired) electrons. The first-order valence-electron chi connectivity index (χ1n) is 9.72. The van der Waals surface area contributed by atoms with E-state index in [4.69, 9.17) is 0 Å². The Bertz CT molecular complexity index is 786. The number of hydrogen-bond acceptors (Lipinski definition) is 6. The predicted molar refractivity (Wildman–Crippen MR) is 110 cm³/mol. The van der Waals surface area contributed by atoms with Gasteiger partial charge in [0, 0.05) is 23.1 Å². The molecule has 216 valence electrons. The normalized spacial score (nSPS) is 11.2. The largest absolute Gasteiger partial charge is 0.462 e. The minimum atomic E-state index is -5.62. The van der Waals surface area contributed by atoms with Gasteiger partial charge in [0.05, 0.1) is 19.6 Å². The molecule has 0 atom stereocenters. The molecule has 37 heavy (non-hydrogen) atoms. The highest BCUT2D eigenvalue weighted by atomic mass is 19.4. The SMILES string of the molecule is C=C(C)C(=O)OCC(F)(F)F.C=C(C)C(=O)OCCC(F)(F)C(F)(F)F.C=C(C)C(=O)OCCC(F)F. The number of carbonyl (C=O) groups is 3. The maximum absolute atomic E-state index is 12.2. The van der Waals surface area contributed by atoms with Crippen molar-refractivity contribution in [2.75, 3.05) is 19.8 Å². The van der Waals surface area contributed by atoms with Crippen LogP contribution in [0.5, 0.6) is 0 Å². The van der Waals surface area contributed by atoms with Crippen LogP contribution in [0.4, 0.5) is 43.9 Å². The molecular weight excluding hydrogens is 538 g/mol. The van der Waals surface area contributed by atoms with Crippen LogP contribution in [0.25, 0.3) is 0 Å². The molecule has 0 aromatic rings. The molecule has 0 bridgehead atoms. The van der Waals surface area contributed by atoms with Crippen LogP contribution in [0.1, 0.15) is 33.6 Å². The fourth-order valence-electron chi connectivity index (χ4n) is 1.17. The summed E-state index contributed by atoms with van der Waals surface area (Å²) in [6, 6.07) is 0. The van der Waals surface area contributed by atoms with Gasteiger partial charge in [-0.1, -0.05) is 19.7 Å². The molecule has 0 saturated heterocycles. The van der Waals surface area contributed by atoms with Crippen LogP contribution in [0, 0.1) is 0 Å². The van der Waals surface area contributed by atoms with Crippen LogP contribution < -0.4 is 0 Å². The average molecular weight is 564 g/mol. The molecule has 0 amide bonds. The van der Waals surface area contributed by atoms with Crippen LogP contribution in [-0.4, -0.2) is 62.4 Å². The van der Waals surface area contributed by atoms with Gasteiger partial charge in [0.1, 0.15) is 0 Å². The summed E-state index contributed by atoms with van der Waals surface area (Å²) in [5.74, 6) is -7.48. The van der Waals surface area contributed by atoms with E-state index in [0.717, 1.165) is 0 Å². The van der Waals surface area contributed by atoms with Crippen molar-refractivity contribution in [1.82, 2.24) is 0 Å². The number of alkyl halides is 10. The highest BCUT2D eigenvalue weighted by Gasteiger charge is 2.56. The molecule has 0 aromatic heterocycles. The summed E-state index contributed by atoms with van der Waals surface area (Å²) >= 11 is 0. The Morgan fingerprint density at radius 1 is 0.676 bits per heavy atom. The smallest absolute Gasteiger partial charge is 0.453 e. The van der Waals surface area contributed by atoms with E-state index in [9.17, 15) is 58.3 Å². The Balaban J connectivity index is -0.000000478. The monoisotopic (exact) mass is 564 g/mol. The van der Waals surface area contributed by atoms with Gasteiger partial charge in [0.15, 0.2) is 6.61 Å². The molecule has 0 aromatic carbocycles. The second-order valence-corrected chi connectivity index (χ2v) is 6.94. The van der Waals surface area contributed by atoms with Gasteiger partial charge in [-0.2, -0.15) is 35.1 Å². The molecule has 0 N–H and O–H groups in total. The van der Waals surface area contributed by atoms with Crippen molar-refractivity contribution in [2.45, 2.75) is 58.3 Å². The van der Waals surface area contributed by atoms with E-state index in [1.165, 1.54) is 20.8 Å². The van der Waals surface area contributed by atoms with Gasteiger partial charge in [-0.05, 0) is 20.8 Å². The van der Waals surface area contributed by atoms with Gasteiger partial charge >= 0.3 is 36.2 Å². The number of carbonyl (C=O) groups excluding carboxylic acids is 3. The molecule has 0 rings (SSSR count). The quantitative estimate of drug-likeness (QED) is 0.138. The summed E-state index contributed by atoms with van der Waals surface area (Å²) in [6.45, 7) is 10.7. The Labute approximate surface area is 205 Å². The van der Waals surface area contributed by atoms with Gasteiger partial charge in [0.25, 0.3) is 0 Å². The van der Waals surface area contributed by atoms with Crippen LogP contribution in [0.3, 0.4) is 0 Å². The summed E-state index contributed by atoms with van der Waals surface area (Å²) in [5, 5.41) is 0. The molecule has 0 spiro atoms. The van der Waals surface area contributed by atoms with E-state index >= 15 is 0 Å². The van der Waals surface area contributed by atoms with Crippen LogP contribution in [-0.2, 0) is 28.6 Å². The predicted octanol–water partition coefficient (Wildman–Crippen LogP) is 6.12. The summed E-state index contributed by atoms with van der Waals surface area (Å²) in [6.07, 6.45) is -14.5. The van der Waals surface area contributed by atoms with Crippen molar-refractivity contribution in [3.63, 3.8) is 0 Å². The lowest BCUT2D eigenvalue weighted by atomic mass is 10.2. The zero-order valence-electron chi connectivity index (χ0n) is 20.0. The number of esters is 3. The fraction of sp³-hybridized carbons (Fsp3) is 0.571. The number of ether oxygens (including phenoxy) is 3. The minimum absolute atomic E-state index is 0.0470. The van der Waals surface area contributed by atoms with Crippen molar-refractivity contribution < 1.29 is 72.5 Å². The maximum Gasteiger partial charge on any atom is 0.453 e. The van der Waals surface area contributed by atoms with Crippen molar-refractivity contribution in [3.8, 4) is 0 Å². The number of hydrogen-bond donors (Lipinski definition) is 0. The highest BCUT2D eigenvalue weighted by molar-refractivity contribution is 5.87. The lowest BCUT2D eigenvalue weighted by Crippen LogP contribution is -2.37. The van der Waals surface area contributed by atoms with Crippen molar-refractivity contribution >= 4 is 17.9 Å². The molecular formula is C21H26F10O6. The van der Waals surface area contributed by atoms with E-state index < -0.39 is 68.7 Å². The molecule has 0 aliphatic heterocycles. The summed E-state index contributed by atoms with van der Waals surface area (Å²) in [7, 11) is 0. The Hall–Kier alpha value is -3.07. The third-order valence-electron chi connectivity index (χ3n) is 3.05. The fourth-order valence-corrected chi connectivity index (χ4v) is 1.17. The van der Waals surface area contributed by atoms with Crippen molar-refractivity contribution in [1.29, 1.82) is 0 Å². The molecule has 0 fully saturated rings. The van der Waals surface area contributed by atoms with Crippen molar-refractivity contribution in [2.24, 2.45) is 0 Å². The third-order valence-corrected chi connectivity index (χ3v) is 3.05. The zero-order valence-corrected chi connectivity index (χ0v) is 20.0. The highest BCUT2D eigenvalue weighted by Crippen LogP contribution is 2.37. The molecule has 0 saturated carbocycles. The first-order valence-corrected chi connectivity index (χ1v) is 9.72. The van der Waals surface area contributed by atoms with Crippen LogP contribution in [0.2, 0.25) is 0 Å². The van der Waals surface area contributed by atoms with E-state index in [2.05, 4.69) is 33.9 Å². The molecule has 0 heterocycles. The Kier molecular flexibility index (Phi) is 18.1. The first-order chi connectivity index (χ1) is 16.4. The molecule has 6 nitrogen and oxygen atoms in total. The average Bonchev–Trinajstić information content (AvgIpc) is 2.70. The van der Waals surface area contributed by atoms with Crippen LogP contribution >= 0.6 is 0 Å². The Morgan fingerprint density at radius 3 is 1.32 bits per heavy atom. The number of rotatable bonds is 10. The van der Waals surface area contributed by atoms with Gasteiger partial charge < -0.3 is 14.2 Å². The molecule has 0 unspecified atom stereocenters. The summed E-state index contributed by atoms with van der Waals surface area (Å²) in [4.78, 5) is 31.6. The lowest BCUT2D eigenvalue weighted by molar-refractivity contribution is -0.286. The standard InChI is InChI=1S/C8H9F5O2.C7H10F2O2.C6H7F3O2/c1-5(2)6(14)15-4-3-7(9,10)8(11,12)13;1-5(2)7(10)11-4-3-6(8)9;1-4(2)5(10)11-3-6(7,8)9/h1,3-4H2,2H3;6H,1,3-4H2,2H3;1,3H2,2H3. The van der Waals surface area contributed by atoms with Gasteiger partial charge in [-0.15, -0.1) is 0 Å². The van der Waals surface area contributed by atoms with Crippen molar-refractivity contribution in [3.05, 3.63) is 36.5 Å². The van der Waals surface area contributed by atoms with Crippen LogP contribution in [0.15, 0.2) is 36.5 Å². The maximum atomic E-state index is 12.2. The van der Waals surface area contributed by atoms with Gasteiger partial charge in [-0.3, -0.25) is 0 Å². The van der Waals surface area contributed by atoms with Gasteiger partial charge in [-0.25, -0.2) is 23.2 Å². The van der Waals surface area contributed by atoms with E-state index in [1.807, 2.05) is 0 Å². The Morgan fingerprint density at radius 2 is 1.03 bits per heavy atom. The second-order valence-electron chi connectivity index (χ2n) is 6.94. The van der Waals surface area contributed by atoms with E-state index in [-0.39, 0.29) is 23.3 Å². The zero-order chi connectivity index (χ0) is 30.2. The second kappa shape index (κ2) is 17.4. The van der Waals surface area contributed by atoms with E-state index in [0.29, 0.717) is 0 Å².